The molecule has 0 amide bonds. The van der Waals surface area contributed by atoms with Crippen molar-refractivity contribution in [1.29, 1.82) is 0 Å². The van der Waals surface area contributed by atoms with E-state index in [2.05, 4.69) is 204 Å². The summed E-state index contributed by atoms with van der Waals surface area (Å²) >= 11 is 0. The van der Waals surface area contributed by atoms with Gasteiger partial charge in [-0.15, -0.1) is 0 Å². The van der Waals surface area contributed by atoms with Crippen LogP contribution in [0.15, 0.2) is 194 Å². The molecule has 0 bridgehead atoms. The number of para-hydroxylation sites is 2. The van der Waals surface area contributed by atoms with Crippen molar-refractivity contribution in [1.82, 2.24) is 4.57 Å². The van der Waals surface area contributed by atoms with E-state index in [1.165, 1.54) is 65.3 Å². The van der Waals surface area contributed by atoms with Gasteiger partial charge in [-0.25, -0.2) is 0 Å². The molecule has 0 radical (unpaired) electrons. The van der Waals surface area contributed by atoms with Crippen molar-refractivity contribution >= 4 is 71.2 Å². The highest BCUT2D eigenvalue weighted by Crippen LogP contribution is 2.45. The summed E-state index contributed by atoms with van der Waals surface area (Å²) < 4.78 is 2.38. The number of hydrogen-bond acceptors (Lipinski definition) is 1. The van der Waals surface area contributed by atoms with Gasteiger partial charge in [0.05, 0.1) is 16.7 Å². The topological polar surface area (TPSA) is 8.17 Å². The number of rotatable bonds is 5. The predicted octanol–water partition coefficient (Wildman–Crippen LogP) is 13.4. The third-order valence-corrected chi connectivity index (χ3v) is 10.1. The Balaban J connectivity index is 1.29. The maximum atomic E-state index is 2.46. The molecule has 10 rings (SSSR count). The maximum Gasteiger partial charge on any atom is 0.0546 e. The lowest BCUT2D eigenvalue weighted by molar-refractivity contribution is 1.18. The van der Waals surface area contributed by atoms with Crippen LogP contribution in [0.3, 0.4) is 0 Å². The zero-order valence-corrected chi connectivity index (χ0v) is 27.4. The summed E-state index contributed by atoms with van der Waals surface area (Å²) in [4.78, 5) is 2.46. The molecule has 0 fully saturated rings. The first-order valence-electron chi connectivity index (χ1n) is 17.2. The minimum absolute atomic E-state index is 1.11. The minimum Gasteiger partial charge on any atom is -0.310 e. The number of anilines is 3. The normalized spacial score (nSPS) is 11.6. The Labute approximate surface area is 290 Å². The SMILES string of the molecule is c1ccc(-c2cccc(N(c3ccc4c(c3)c3ccccc3n4-c3ccccc3)c3cc4c5ccccc5ccc4c4ccccc34)c2)cc1. The van der Waals surface area contributed by atoms with E-state index in [1.54, 1.807) is 0 Å². The molecule has 0 unspecified atom stereocenters. The van der Waals surface area contributed by atoms with Crippen LogP contribution in [-0.2, 0) is 0 Å². The number of nitrogens with zero attached hydrogens (tertiary/aromatic N) is 2. The number of fused-ring (bicyclic) bond motifs is 8. The van der Waals surface area contributed by atoms with Crippen molar-refractivity contribution < 1.29 is 0 Å². The highest BCUT2D eigenvalue weighted by molar-refractivity contribution is 6.21. The summed E-state index contributed by atoms with van der Waals surface area (Å²) in [7, 11) is 0. The van der Waals surface area contributed by atoms with Crippen LogP contribution in [-0.4, -0.2) is 4.57 Å². The zero-order valence-electron chi connectivity index (χ0n) is 27.4. The van der Waals surface area contributed by atoms with E-state index in [9.17, 15) is 0 Å². The second kappa shape index (κ2) is 11.5. The van der Waals surface area contributed by atoms with Gasteiger partial charge in [0.25, 0.3) is 0 Å². The van der Waals surface area contributed by atoms with Crippen molar-refractivity contribution in [3.05, 3.63) is 194 Å². The lowest BCUT2D eigenvalue weighted by Gasteiger charge is -2.28. The Morgan fingerprint density at radius 1 is 0.320 bits per heavy atom. The fourth-order valence-electron chi connectivity index (χ4n) is 7.86. The van der Waals surface area contributed by atoms with Crippen LogP contribution < -0.4 is 4.90 Å². The molecular formula is C48H32N2. The molecule has 0 aliphatic carbocycles. The van der Waals surface area contributed by atoms with Crippen LogP contribution >= 0.6 is 0 Å². The maximum absolute atomic E-state index is 2.46. The molecule has 10 aromatic rings. The van der Waals surface area contributed by atoms with Crippen molar-refractivity contribution in [2.24, 2.45) is 0 Å². The van der Waals surface area contributed by atoms with Crippen LogP contribution in [0, 0.1) is 0 Å². The Hall–Kier alpha value is -6.64. The highest BCUT2D eigenvalue weighted by atomic mass is 15.1. The van der Waals surface area contributed by atoms with Gasteiger partial charge in [0.2, 0.25) is 0 Å². The summed E-state index contributed by atoms with van der Waals surface area (Å²) in [6.07, 6.45) is 0. The van der Waals surface area contributed by atoms with Crippen molar-refractivity contribution in [2.45, 2.75) is 0 Å². The van der Waals surface area contributed by atoms with Crippen molar-refractivity contribution in [3.63, 3.8) is 0 Å². The quantitative estimate of drug-likeness (QED) is 0.171. The average Bonchev–Trinajstić information content (AvgIpc) is 3.52. The molecule has 9 aromatic carbocycles. The molecule has 2 heteroatoms. The van der Waals surface area contributed by atoms with Gasteiger partial charge in [0, 0.05) is 33.2 Å². The molecule has 0 saturated carbocycles. The smallest absolute Gasteiger partial charge is 0.0546 e. The Morgan fingerprint density at radius 3 is 1.78 bits per heavy atom. The predicted molar refractivity (Wildman–Crippen MR) is 213 cm³/mol. The lowest BCUT2D eigenvalue weighted by Crippen LogP contribution is -2.11. The average molecular weight is 637 g/mol. The standard InChI is InChI=1S/C48H32N2/c1-3-14-33(15-4-1)35-17-13-20-37(30-35)49(48-32-44-39-21-8-7-16-34(39)26-28-41(44)40-22-9-10-23-42(40)48)38-27-29-47-45(31-38)43-24-11-12-25-46(43)50(47)36-18-5-2-6-19-36/h1-32H. The Kier molecular flexibility index (Phi) is 6.53. The molecule has 2 nitrogen and oxygen atoms in total. The van der Waals surface area contributed by atoms with E-state index in [-0.39, 0.29) is 0 Å². The van der Waals surface area contributed by atoms with Gasteiger partial charge < -0.3 is 9.47 Å². The molecule has 0 atom stereocenters. The first kappa shape index (κ1) is 28.4. The van der Waals surface area contributed by atoms with Crippen LogP contribution in [0.25, 0.3) is 70.9 Å². The third kappa shape index (κ3) is 4.50. The van der Waals surface area contributed by atoms with Crippen molar-refractivity contribution in [3.8, 4) is 16.8 Å². The lowest BCUT2D eigenvalue weighted by atomic mass is 9.95. The second-order valence-electron chi connectivity index (χ2n) is 13.0. The fourth-order valence-corrected chi connectivity index (χ4v) is 7.86. The second-order valence-corrected chi connectivity index (χ2v) is 13.0. The minimum atomic E-state index is 1.11. The summed E-state index contributed by atoms with van der Waals surface area (Å²) in [6, 6.07) is 70.6. The zero-order chi connectivity index (χ0) is 33.0. The fraction of sp³-hybridized carbons (Fsp3) is 0. The first-order valence-corrected chi connectivity index (χ1v) is 17.2. The summed E-state index contributed by atoms with van der Waals surface area (Å²) in [5.74, 6) is 0. The van der Waals surface area contributed by atoms with E-state index in [0.29, 0.717) is 0 Å². The van der Waals surface area contributed by atoms with Gasteiger partial charge >= 0.3 is 0 Å². The summed E-state index contributed by atoms with van der Waals surface area (Å²) in [6.45, 7) is 0. The van der Waals surface area contributed by atoms with Crippen molar-refractivity contribution in [2.75, 3.05) is 4.90 Å². The van der Waals surface area contributed by atoms with Gasteiger partial charge in [-0.1, -0.05) is 140 Å². The van der Waals surface area contributed by atoms with Crippen LogP contribution in [0.5, 0.6) is 0 Å². The molecular weight excluding hydrogens is 605 g/mol. The Bertz CT molecular complexity index is 2870. The Morgan fingerprint density at radius 2 is 0.940 bits per heavy atom. The first-order chi connectivity index (χ1) is 24.8. The van der Waals surface area contributed by atoms with E-state index in [4.69, 9.17) is 0 Å². The molecule has 0 aliphatic heterocycles. The molecule has 0 spiro atoms. The molecule has 1 heterocycles. The number of aromatic nitrogens is 1. The molecule has 0 aliphatic rings. The summed E-state index contributed by atoms with van der Waals surface area (Å²) in [5.41, 5.74) is 9.31. The van der Waals surface area contributed by atoms with Gasteiger partial charge in [-0.3, -0.25) is 0 Å². The third-order valence-electron chi connectivity index (χ3n) is 10.1. The van der Waals surface area contributed by atoms with Gasteiger partial charge in [-0.05, 0) is 92.7 Å². The number of benzene rings is 9. The van der Waals surface area contributed by atoms with Crippen LogP contribution in [0.2, 0.25) is 0 Å². The number of hydrogen-bond donors (Lipinski definition) is 0. The highest BCUT2D eigenvalue weighted by Gasteiger charge is 2.21. The van der Waals surface area contributed by atoms with Gasteiger partial charge in [0.15, 0.2) is 0 Å². The van der Waals surface area contributed by atoms with Crippen LogP contribution in [0.1, 0.15) is 0 Å². The van der Waals surface area contributed by atoms with E-state index in [0.717, 1.165) is 22.7 Å². The van der Waals surface area contributed by atoms with Gasteiger partial charge in [-0.2, -0.15) is 0 Å². The molecule has 50 heavy (non-hydrogen) atoms. The molecule has 234 valence electrons. The molecule has 1 aromatic heterocycles. The van der Waals surface area contributed by atoms with E-state index < -0.39 is 0 Å². The van der Waals surface area contributed by atoms with Gasteiger partial charge in [0.1, 0.15) is 0 Å². The summed E-state index contributed by atoms with van der Waals surface area (Å²) in [5, 5.41) is 9.95. The largest absolute Gasteiger partial charge is 0.310 e. The van der Waals surface area contributed by atoms with E-state index in [1.807, 2.05) is 0 Å². The molecule has 0 saturated heterocycles. The molecule has 0 N–H and O–H groups in total. The van der Waals surface area contributed by atoms with Crippen LogP contribution in [0.4, 0.5) is 17.1 Å². The van der Waals surface area contributed by atoms with E-state index >= 15 is 0 Å². The monoisotopic (exact) mass is 636 g/mol.